The second-order valence-electron chi connectivity index (χ2n) is 4.06. The Balaban J connectivity index is -0.000000709. The molecule has 0 fully saturated rings. The van der Waals surface area contributed by atoms with Gasteiger partial charge in [0.2, 0.25) is 0 Å². The SMILES string of the molecule is CC.CCCCC(C(O)(CC)CC)P(=O)(O)O.[Na]. The van der Waals surface area contributed by atoms with Crippen LogP contribution < -0.4 is 0 Å². The maximum Gasteiger partial charge on any atom is 0.331 e. The molecule has 0 aliphatic rings. The first-order chi connectivity index (χ1) is 7.81. The molecule has 0 saturated carbocycles. The number of hydrogen-bond acceptors (Lipinski definition) is 2. The van der Waals surface area contributed by atoms with Crippen LogP contribution in [0.5, 0.6) is 0 Å². The smallest absolute Gasteiger partial charge is 0.331 e. The van der Waals surface area contributed by atoms with Gasteiger partial charge < -0.3 is 14.9 Å². The number of rotatable bonds is 7. The summed E-state index contributed by atoms with van der Waals surface area (Å²) in [7, 11) is -4.21. The zero-order chi connectivity index (χ0) is 14.1. The van der Waals surface area contributed by atoms with E-state index in [2.05, 4.69) is 0 Å². The van der Waals surface area contributed by atoms with Crippen molar-refractivity contribution in [1.82, 2.24) is 0 Å². The summed E-state index contributed by atoms with van der Waals surface area (Å²) >= 11 is 0. The van der Waals surface area contributed by atoms with E-state index in [0.717, 1.165) is 12.8 Å². The molecular weight excluding hydrogens is 262 g/mol. The van der Waals surface area contributed by atoms with E-state index in [1.54, 1.807) is 13.8 Å². The standard InChI is InChI=1S/C10H23O4P.C2H6.Na/c1-4-7-8-9(15(12,13)14)10(11,5-2)6-3;1-2;/h9,11H,4-8H2,1-3H3,(H2,12,13,14);1-2H3;. The van der Waals surface area contributed by atoms with E-state index in [9.17, 15) is 19.5 Å². The molecule has 6 heteroatoms. The van der Waals surface area contributed by atoms with Gasteiger partial charge in [-0.2, -0.15) is 0 Å². The average Bonchev–Trinajstić information content (AvgIpc) is 2.30. The average molecular weight is 291 g/mol. The van der Waals surface area contributed by atoms with Crippen molar-refractivity contribution < 1.29 is 19.5 Å². The van der Waals surface area contributed by atoms with Gasteiger partial charge >= 0.3 is 7.60 Å². The summed E-state index contributed by atoms with van der Waals surface area (Å²) in [6, 6.07) is 0. The van der Waals surface area contributed by atoms with Crippen LogP contribution in [0.15, 0.2) is 0 Å². The van der Waals surface area contributed by atoms with Gasteiger partial charge in [-0.3, -0.25) is 4.57 Å². The summed E-state index contributed by atoms with van der Waals surface area (Å²) in [4.78, 5) is 18.5. The second-order valence-corrected chi connectivity index (χ2v) is 5.86. The zero-order valence-electron chi connectivity index (χ0n) is 12.8. The molecule has 0 aliphatic carbocycles. The molecule has 0 spiro atoms. The molecule has 107 valence electrons. The van der Waals surface area contributed by atoms with Gasteiger partial charge in [0.15, 0.2) is 0 Å². The van der Waals surface area contributed by atoms with Crippen LogP contribution in [0, 0.1) is 0 Å². The van der Waals surface area contributed by atoms with Gasteiger partial charge in [0.05, 0.1) is 11.3 Å². The Hall–Kier alpha value is 1.11. The molecule has 0 heterocycles. The molecule has 3 N–H and O–H groups in total. The largest absolute Gasteiger partial charge is 0.389 e. The van der Waals surface area contributed by atoms with E-state index < -0.39 is 18.9 Å². The fourth-order valence-corrected chi connectivity index (χ4v) is 3.38. The Kier molecular flexibility index (Phi) is 16.0. The summed E-state index contributed by atoms with van der Waals surface area (Å²) < 4.78 is 11.3. The molecule has 4 nitrogen and oxygen atoms in total. The van der Waals surface area contributed by atoms with E-state index in [1.807, 2.05) is 20.8 Å². The predicted octanol–water partition coefficient (Wildman–Crippen LogP) is 2.92. The van der Waals surface area contributed by atoms with Crippen LogP contribution in [0.3, 0.4) is 0 Å². The van der Waals surface area contributed by atoms with E-state index in [0.29, 0.717) is 19.3 Å². The van der Waals surface area contributed by atoms with Gasteiger partial charge in [-0.25, -0.2) is 0 Å². The number of unbranched alkanes of at least 4 members (excludes halogenated alkanes) is 1. The maximum atomic E-state index is 11.3. The molecule has 0 amide bonds. The van der Waals surface area contributed by atoms with Crippen LogP contribution in [0.2, 0.25) is 0 Å². The van der Waals surface area contributed by atoms with Crippen LogP contribution in [-0.4, -0.2) is 55.7 Å². The van der Waals surface area contributed by atoms with Crippen LogP contribution in [0.4, 0.5) is 0 Å². The molecule has 18 heavy (non-hydrogen) atoms. The molecule has 0 bridgehead atoms. The quantitative estimate of drug-likeness (QED) is 0.498. The molecule has 0 rings (SSSR count). The fourth-order valence-electron chi connectivity index (χ4n) is 1.87. The molecule has 1 atom stereocenters. The third-order valence-electron chi connectivity index (χ3n) is 3.08. The Morgan fingerprint density at radius 2 is 1.50 bits per heavy atom. The summed E-state index contributed by atoms with van der Waals surface area (Å²) in [6.45, 7) is 9.49. The fraction of sp³-hybridized carbons (Fsp3) is 1.00. The van der Waals surface area contributed by atoms with Crippen molar-refractivity contribution >= 4 is 37.2 Å². The van der Waals surface area contributed by atoms with Crippen molar-refractivity contribution in [1.29, 1.82) is 0 Å². The van der Waals surface area contributed by atoms with Gasteiger partial charge in [-0.1, -0.05) is 47.5 Å². The van der Waals surface area contributed by atoms with Crippen molar-refractivity contribution in [3.8, 4) is 0 Å². The topological polar surface area (TPSA) is 77.8 Å². The first kappa shape index (κ1) is 24.1. The van der Waals surface area contributed by atoms with Crippen LogP contribution in [0.1, 0.15) is 66.7 Å². The van der Waals surface area contributed by atoms with Gasteiger partial charge in [0.25, 0.3) is 0 Å². The van der Waals surface area contributed by atoms with Crippen molar-refractivity contribution in [2.24, 2.45) is 0 Å². The van der Waals surface area contributed by atoms with E-state index in [1.165, 1.54) is 0 Å². The number of aliphatic hydroxyl groups is 1. The molecule has 1 unspecified atom stereocenters. The molecule has 1 radical (unpaired) electrons. The van der Waals surface area contributed by atoms with Crippen LogP contribution >= 0.6 is 7.60 Å². The van der Waals surface area contributed by atoms with Crippen LogP contribution in [-0.2, 0) is 4.57 Å². The Morgan fingerprint density at radius 3 is 1.72 bits per heavy atom. The predicted molar refractivity (Wildman–Crippen MR) is 78.0 cm³/mol. The molecular formula is C12H29NaO4P. The van der Waals surface area contributed by atoms with Gasteiger partial charge in [-0.15, -0.1) is 0 Å². The van der Waals surface area contributed by atoms with Gasteiger partial charge in [0.1, 0.15) is 0 Å². The first-order valence-electron chi connectivity index (χ1n) is 6.59. The minimum absolute atomic E-state index is 0. The van der Waals surface area contributed by atoms with E-state index in [-0.39, 0.29) is 29.6 Å². The molecule has 0 aliphatic heterocycles. The minimum Gasteiger partial charge on any atom is -0.389 e. The number of hydrogen-bond donors (Lipinski definition) is 3. The Morgan fingerprint density at radius 1 is 1.11 bits per heavy atom. The van der Waals surface area contributed by atoms with Crippen molar-refractivity contribution in [3.63, 3.8) is 0 Å². The molecule has 0 aromatic heterocycles. The monoisotopic (exact) mass is 291 g/mol. The normalized spacial score (nSPS) is 13.1. The Bertz CT molecular complexity index is 226. The third kappa shape index (κ3) is 8.31. The summed E-state index contributed by atoms with van der Waals surface area (Å²) in [5.74, 6) is 0. The zero-order valence-corrected chi connectivity index (χ0v) is 15.7. The molecule has 0 aromatic carbocycles. The molecule has 0 aromatic rings. The van der Waals surface area contributed by atoms with Crippen molar-refractivity contribution in [2.75, 3.05) is 0 Å². The summed E-state index contributed by atoms with van der Waals surface area (Å²) in [5.41, 5.74) is -2.14. The minimum atomic E-state index is -4.21. The van der Waals surface area contributed by atoms with Crippen molar-refractivity contribution in [3.05, 3.63) is 0 Å². The molecule has 0 saturated heterocycles. The third-order valence-corrected chi connectivity index (χ3v) is 4.63. The second kappa shape index (κ2) is 11.9. The Labute approximate surface area is 134 Å². The van der Waals surface area contributed by atoms with Crippen molar-refractivity contribution in [2.45, 2.75) is 78.0 Å². The van der Waals surface area contributed by atoms with Gasteiger partial charge in [0, 0.05) is 29.6 Å². The maximum absolute atomic E-state index is 11.3. The summed E-state index contributed by atoms with van der Waals surface area (Å²) in [5, 5.41) is 10.2. The first-order valence-corrected chi connectivity index (χ1v) is 8.27. The van der Waals surface area contributed by atoms with Gasteiger partial charge in [-0.05, 0) is 19.3 Å². The van der Waals surface area contributed by atoms with Crippen LogP contribution in [0.25, 0.3) is 0 Å². The van der Waals surface area contributed by atoms with E-state index in [4.69, 9.17) is 0 Å². The van der Waals surface area contributed by atoms with E-state index >= 15 is 0 Å². The summed E-state index contributed by atoms with van der Waals surface area (Å²) in [6.07, 6.45) is 2.75.